The summed E-state index contributed by atoms with van der Waals surface area (Å²) in [5, 5.41) is -0.0306. The number of oxime groups is 1. The maximum atomic E-state index is 13.7. The molecule has 1 aliphatic heterocycles. The van der Waals surface area contributed by atoms with Crippen LogP contribution in [0.3, 0.4) is 0 Å². The molecule has 0 unspecified atom stereocenters. The second kappa shape index (κ2) is 6.54. The maximum absolute atomic E-state index is 13.7. The number of hydrazine groups is 1. The van der Waals surface area contributed by atoms with E-state index in [9.17, 15) is 22.4 Å². The third-order valence-corrected chi connectivity index (χ3v) is 4.88. The third kappa shape index (κ3) is 3.44. The highest BCUT2D eigenvalue weighted by Crippen LogP contribution is 2.42. The fourth-order valence-corrected chi connectivity index (χ4v) is 3.47. The summed E-state index contributed by atoms with van der Waals surface area (Å²) in [6.07, 6.45) is 2.22. The van der Waals surface area contributed by atoms with Gasteiger partial charge in [-0.15, -0.1) is 0 Å². The van der Waals surface area contributed by atoms with Crippen molar-refractivity contribution in [1.82, 2.24) is 10.4 Å². The molecule has 27 heavy (non-hydrogen) atoms. The first-order valence-corrected chi connectivity index (χ1v) is 8.75. The molecular formula is C17H18ClF4N3O2. The summed E-state index contributed by atoms with van der Waals surface area (Å²) in [5.74, 6) is -7.26. The number of aryl methyl sites for hydroxylation is 2. The summed E-state index contributed by atoms with van der Waals surface area (Å²) in [4.78, 5) is 17.4. The number of carbonyl (C=O) groups is 1. The fourth-order valence-electron chi connectivity index (χ4n) is 3.39. The van der Waals surface area contributed by atoms with Crippen molar-refractivity contribution in [3.8, 4) is 0 Å². The number of rotatable bonds is 4. The molecule has 0 radical (unpaired) electrons. The summed E-state index contributed by atoms with van der Waals surface area (Å²) in [7, 11) is 0. The number of alkyl halides is 5. The van der Waals surface area contributed by atoms with E-state index in [4.69, 9.17) is 4.84 Å². The van der Waals surface area contributed by atoms with E-state index in [1.54, 1.807) is 12.1 Å². The zero-order chi connectivity index (χ0) is 20.0. The Bertz CT molecular complexity index is 769. The molecule has 1 aliphatic carbocycles. The van der Waals surface area contributed by atoms with Gasteiger partial charge in [0.25, 0.3) is 0 Å². The molecule has 1 aromatic carbocycles. The lowest BCUT2D eigenvalue weighted by atomic mass is 10.1. The SMILES string of the molecule is Cc1cc(C)cc(C2=NOC3(CCCC3)N2NC(=O)C(F)(F)C(F)(F)Cl)c1. The minimum Gasteiger partial charge on any atom is -0.363 e. The molecule has 1 amide bonds. The summed E-state index contributed by atoms with van der Waals surface area (Å²) in [6, 6.07) is 5.36. The van der Waals surface area contributed by atoms with Crippen molar-refractivity contribution >= 4 is 23.3 Å². The average molecular weight is 408 g/mol. The first-order valence-electron chi connectivity index (χ1n) is 8.37. The van der Waals surface area contributed by atoms with Crippen LogP contribution in [0.5, 0.6) is 0 Å². The van der Waals surface area contributed by atoms with Crippen LogP contribution in [0.4, 0.5) is 17.6 Å². The Balaban J connectivity index is 1.96. The van der Waals surface area contributed by atoms with E-state index in [0.717, 1.165) is 16.1 Å². The summed E-state index contributed by atoms with van der Waals surface area (Å²) in [5.41, 5.74) is 2.96. The van der Waals surface area contributed by atoms with Crippen molar-refractivity contribution in [2.75, 3.05) is 0 Å². The van der Waals surface area contributed by atoms with Gasteiger partial charge in [0.1, 0.15) is 0 Å². The molecule has 1 N–H and O–H groups in total. The Labute approximate surface area is 158 Å². The van der Waals surface area contributed by atoms with E-state index in [2.05, 4.69) is 16.8 Å². The van der Waals surface area contributed by atoms with Gasteiger partial charge in [-0.25, -0.2) is 5.01 Å². The Kier molecular flexibility index (Phi) is 4.78. The predicted molar refractivity (Wildman–Crippen MR) is 90.5 cm³/mol. The smallest absolute Gasteiger partial charge is 0.363 e. The molecule has 0 bridgehead atoms. The van der Waals surface area contributed by atoms with Crippen molar-refractivity contribution in [2.24, 2.45) is 5.16 Å². The molecule has 1 fully saturated rings. The summed E-state index contributed by atoms with van der Waals surface area (Å²) < 4.78 is 53.4. The number of nitrogens with one attached hydrogen (secondary N) is 1. The minimum absolute atomic E-state index is 0.0748. The molecule has 148 valence electrons. The van der Waals surface area contributed by atoms with E-state index < -0.39 is 22.9 Å². The van der Waals surface area contributed by atoms with Crippen LogP contribution in [0.1, 0.15) is 42.4 Å². The highest BCUT2D eigenvalue weighted by molar-refractivity contribution is 6.24. The second-order valence-electron chi connectivity index (χ2n) is 6.88. The van der Waals surface area contributed by atoms with Gasteiger partial charge < -0.3 is 4.84 Å². The van der Waals surface area contributed by atoms with Crippen LogP contribution in [-0.2, 0) is 9.63 Å². The van der Waals surface area contributed by atoms with Gasteiger partial charge in [-0.1, -0.05) is 22.3 Å². The van der Waals surface area contributed by atoms with Gasteiger partial charge in [-0.3, -0.25) is 10.2 Å². The van der Waals surface area contributed by atoms with Crippen molar-refractivity contribution in [2.45, 2.75) is 56.6 Å². The topological polar surface area (TPSA) is 53.9 Å². The first-order chi connectivity index (χ1) is 12.5. The van der Waals surface area contributed by atoms with Crippen LogP contribution in [0.2, 0.25) is 0 Å². The molecule has 1 aromatic rings. The normalized spacial score (nSPS) is 19.2. The lowest BCUT2D eigenvalue weighted by Gasteiger charge is -2.35. The predicted octanol–water partition coefficient (Wildman–Crippen LogP) is 4.07. The maximum Gasteiger partial charge on any atom is 0.402 e. The number of nitrogens with zero attached hydrogens (tertiary/aromatic N) is 2. The Hall–Kier alpha value is -2.03. The van der Waals surface area contributed by atoms with Crippen molar-refractivity contribution in [1.29, 1.82) is 0 Å². The quantitative estimate of drug-likeness (QED) is 0.605. The molecule has 1 spiro atoms. The van der Waals surface area contributed by atoms with E-state index in [1.165, 1.54) is 0 Å². The third-order valence-electron chi connectivity index (χ3n) is 4.64. The Morgan fingerprint density at radius 1 is 1.19 bits per heavy atom. The van der Waals surface area contributed by atoms with Gasteiger partial charge in [-0.05, 0) is 50.4 Å². The van der Waals surface area contributed by atoms with Crippen LogP contribution in [0.25, 0.3) is 0 Å². The molecule has 10 heteroatoms. The van der Waals surface area contributed by atoms with Gasteiger partial charge >= 0.3 is 17.2 Å². The Morgan fingerprint density at radius 3 is 2.26 bits per heavy atom. The lowest BCUT2D eigenvalue weighted by molar-refractivity contribution is -0.190. The lowest BCUT2D eigenvalue weighted by Crippen LogP contribution is -2.61. The van der Waals surface area contributed by atoms with Crippen LogP contribution in [-0.4, -0.2) is 33.8 Å². The molecule has 1 saturated carbocycles. The van der Waals surface area contributed by atoms with Gasteiger partial charge in [0.2, 0.25) is 5.72 Å². The number of hydrogen-bond acceptors (Lipinski definition) is 4. The summed E-state index contributed by atoms with van der Waals surface area (Å²) >= 11 is 4.43. The van der Waals surface area contributed by atoms with Crippen LogP contribution >= 0.6 is 11.6 Å². The average Bonchev–Trinajstić information content (AvgIpc) is 3.14. The minimum atomic E-state index is -5.11. The Morgan fingerprint density at radius 2 is 1.74 bits per heavy atom. The number of carbonyl (C=O) groups excluding carboxylic acids is 1. The van der Waals surface area contributed by atoms with Crippen LogP contribution < -0.4 is 5.43 Å². The van der Waals surface area contributed by atoms with Crippen molar-refractivity contribution in [3.63, 3.8) is 0 Å². The first kappa shape index (κ1) is 19.7. The van der Waals surface area contributed by atoms with E-state index >= 15 is 0 Å². The molecule has 0 saturated heterocycles. The standard InChI is InChI=1S/C17H18ClF4N3O2/c1-10-7-11(2)9-12(8-10)13-24-27-15(5-3-4-6-15)25(13)23-14(26)16(19,20)17(18,21)22/h7-9H,3-6H2,1-2H3,(H,23,26). The highest BCUT2D eigenvalue weighted by atomic mass is 35.5. The van der Waals surface area contributed by atoms with E-state index in [1.807, 2.05) is 25.3 Å². The largest absolute Gasteiger partial charge is 0.402 e. The van der Waals surface area contributed by atoms with Gasteiger partial charge in [0, 0.05) is 18.4 Å². The number of hydrogen-bond donors (Lipinski definition) is 1. The fraction of sp³-hybridized carbons (Fsp3) is 0.529. The molecule has 5 nitrogen and oxygen atoms in total. The molecule has 3 rings (SSSR count). The number of amides is 1. The van der Waals surface area contributed by atoms with Crippen molar-refractivity contribution < 1.29 is 27.2 Å². The molecular weight excluding hydrogens is 390 g/mol. The number of benzene rings is 1. The van der Waals surface area contributed by atoms with E-state index in [0.29, 0.717) is 31.2 Å². The van der Waals surface area contributed by atoms with Gasteiger partial charge in [-0.2, -0.15) is 17.6 Å². The molecule has 2 aliphatic rings. The zero-order valence-electron chi connectivity index (χ0n) is 14.7. The second-order valence-corrected chi connectivity index (χ2v) is 7.36. The molecule has 0 aromatic heterocycles. The molecule has 0 atom stereocenters. The monoisotopic (exact) mass is 407 g/mol. The highest BCUT2D eigenvalue weighted by Gasteiger charge is 2.63. The molecule has 1 heterocycles. The zero-order valence-corrected chi connectivity index (χ0v) is 15.4. The number of halogens is 5. The summed E-state index contributed by atoms with van der Waals surface area (Å²) in [6.45, 7) is 3.67. The van der Waals surface area contributed by atoms with Crippen LogP contribution in [0, 0.1) is 13.8 Å². The van der Waals surface area contributed by atoms with Gasteiger partial charge in [0.05, 0.1) is 0 Å². The van der Waals surface area contributed by atoms with Crippen molar-refractivity contribution in [3.05, 3.63) is 34.9 Å². The van der Waals surface area contributed by atoms with Crippen LogP contribution in [0.15, 0.2) is 23.4 Å². The van der Waals surface area contributed by atoms with Gasteiger partial charge in [0.15, 0.2) is 5.84 Å². The number of amidine groups is 1. The van der Waals surface area contributed by atoms with E-state index in [-0.39, 0.29) is 5.84 Å².